The van der Waals surface area contributed by atoms with Crippen LogP contribution in [-0.4, -0.2) is 26.2 Å². The first-order chi connectivity index (χ1) is 7.72. The number of benzene rings is 1. The number of nitrogens with two attached hydrogens (primary N) is 1. The minimum absolute atomic E-state index is 0.746. The van der Waals surface area contributed by atoms with Crippen LogP contribution in [0.15, 0.2) is 12.1 Å². The van der Waals surface area contributed by atoms with Crippen LogP contribution in [0.3, 0.4) is 0 Å². The van der Waals surface area contributed by atoms with Crippen molar-refractivity contribution in [2.75, 3.05) is 36.8 Å². The summed E-state index contributed by atoms with van der Waals surface area (Å²) in [6.07, 6.45) is 0. The van der Waals surface area contributed by atoms with Crippen LogP contribution in [-0.2, 0) is 5.75 Å². The third-order valence-corrected chi connectivity index (χ3v) is 3.53. The van der Waals surface area contributed by atoms with Gasteiger partial charge in [0.1, 0.15) is 0 Å². The zero-order valence-corrected chi connectivity index (χ0v) is 10.6. The number of nitrogens with one attached hydrogen (secondary N) is 1. The van der Waals surface area contributed by atoms with Crippen LogP contribution >= 0.6 is 12.6 Å². The second kappa shape index (κ2) is 4.97. The van der Waals surface area contributed by atoms with Gasteiger partial charge in [0.2, 0.25) is 0 Å². The summed E-state index contributed by atoms with van der Waals surface area (Å²) in [5.41, 5.74) is 10.5. The number of hydrogen-bond acceptors (Lipinski definition) is 4. The quantitative estimate of drug-likeness (QED) is 0.538. The van der Waals surface area contributed by atoms with E-state index in [1.54, 1.807) is 0 Å². The molecule has 0 radical (unpaired) electrons. The number of nitrogen functional groups attached to an aromatic ring is 1. The summed E-state index contributed by atoms with van der Waals surface area (Å²) in [6, 6.07) is 4.29. The van der Waals surface area contributed by atoms with Crippen molar-refractivity contribution in [1.29, 1.82) is 0 Å². The van der Waals surface area contributed by atoms with Gasteiger partial charge in [-0.15, -0.1) is 0 Å². The number of anilines is 2. The first-order valence-electron chi connectivity index (χ1n) is 5.68. The van der Waals surface area contributed by atoms with Crippen molar-refractivity contribution in [2.24, 2.45) is 0 Å². The van der Waals surface area contributed by atoms with Crippen molar-refractivity contribution in [1.82, 2.24) is 5.32 Å². The first-order valence-corrected chi connectivity index (χ1v) is 6.31. The summed E-state index contributed by atoms with van der Waals surface area (Å²) in [7, 11) is 0. The van der Waals surface area contributed by atoms with Gasteiger partial charge in [-0.3, -0.25) is 0 Å². The second-order valence-electron chi connectivity index (χ2n) is 4.21. The van der Waals surface area contributed by atoms with Crippen LogP contribution in [0.1, 0.15) is 11.1 Å². The summed E-state index contributed by atoms with van der Waals surface area (Å²) >= 11 is 4.35. The number of rotatable bonds is 2. The van der Waals surface area contributed by atoms with Crippen molar-refractivity contribution in [3.8, 4) is 0 Å². The van der Waals surface area contributed by atoms with E-state index in [9.17, 15) is 0 Å². The molecule has 0 bridgehead atoms. The molecule has 16 heavy (non-hydrogen) atoms. The lowest BCUT2D eigenvalue weighted by Crippen LogP contribution is -2.43. The summed E-state index contributed by atoms with van der Waals surface area (Å²) in [5, 5.41) is 3.35. The predicted octanol–water partition coefficient (Wildman–Crippen LogP) is 1.42. The highest BCUT2D eigenvalue weighted by molar-refractivity contribution is 7.79. The molecule has 1 fully saturated rings. The SMILES string of the molecule is Cc1c(N)cc(N2CCNCC2)cc1CS. The molecule has 3 N–H and O–H groups in total. The van der Waals surface area contributed by atoms with Gasteiger partial charge in [-0.05, 0) is 30.2 Å². The lowest BCUT2D eigenvalue weighted by atomic mass is 10.1. The Bertz CT molecular complexity index is 373. The smallest absolute Gasteiger partial charge is 0.0391 e. The van der Waals surface area contributed by atoms with Crippen molar-refractivity contribution in [3.63, 3.8) is 0 Å². The highest BCUT2D eigenvalue weighted by Gasteiger charge is 2.12. The summed E-state index contributed by atoms with van der Waals surface area (Å²) in [5.74, 6) is 0.746. The van der Waals surface area contributed by atoms with E-state index < -0.39 is 0 Å². The van der Waals surface area contributed by atoms with E-state index in [0.29, 0.717) is 0 Å². The lowest BCUT2D eigenvalue weighted by Gasteiger charge is -2.30. The Kier molecular flexibility index (Phi) is 3.61. The maximum absolute atomic E-state index is 6.03. The molecule has 0 spiro atoms. The van der Waals surface area contributed by atoms with Gasteiger partial charge < -0.3 is 16.0 Å². The molecule has 2 rings (SSSR count). The topological polar surface area (TPSA) is 41.3 Å². The minimum Gasteiger partial charge on any atom is -0.398 e. The molecule has 1 heterocycles. The molecular formula is C12H19N3S. The molecule has 0 aromatic heterocycles. The summed E-state index contributed by atoms with van der Waals surface area (Å²) in [4.78, 5) is 2.37. The van der Waals surface area contributed by atoms with Crippen LogP contribution in [0.25, 0.3) is 0 Å². The molecule has 0 unspecified atom stereocenters. The van der Waals surface area contributed by atoms with Gasteiger partial charge >= 0.3 is 0 Å². The fourth-order valence-electron chi connectivity index (χ4n) is 2.05. The normalized spacial score (nSPS) is 16.5. The van der Waals surface area contributed by atoms with Crippen LogP contribution in [0.2, 0.25) is 0 Å². The van der Waals surface area contributed by atoms with Gasteiger partial charge in [0.15, 0.2) is 0 Å². The highest BCUT2D eigenvalue weighted by atomic mass is 32.1. The largest absolute Gasteiger partial charge is 0.398 e. The van der Waals surface area contributed by atoms with Crippen molar-refractivity contribution >= 4 is 24.0 Å². The second-order valence-corrected chi connectivity index (χ2v) is 4.53. The van der Waals surface area contributed by atoms with Crippen molar-refractivity contribution in [2.45, 2.75) is 12.7 Å². The molecule has 0 aliphatic carbocycles. The van der Waals surface area contributed by atoms with Gasteiger partial charge in [-0.25, -0.2) is 0 Å². The minimum atomic E-state index is 0.746. The third kappa shape index (κ3) is 2.28. The standard InChI is InChI=1S/C12H19N3S/c1-9-10(8-16)6-11(7-12(9)13)15-4-2-14-3-5-15/h6-7,14,16H,2-5,8,13H2,1H3. The van der Waals surface area contributed by atoms with Gasteiger partial charge in [0, 0.05) is 43.3 Å². The van der Waals surface area contributed by atoms with Gasteiger partial charge in [-0.2, -0.15) is 12.6 Å². The molecule has 4 heteroatoms. The molecule has 3 nitrogen and oxygen atoms in total. The molecule has 1 aliphatic heterocycles. The number of nitrogens with zero attached hydrogens (tertiary/aromatic N) is 1. The highest BCUT2D eigenvalue weighted by Crippen LogP contribution is 2.26. The van der Waals surface area contributed by atoms with Gasteiger partial charge in [0.25, 0.3) is 0 Å². The molecule has 0 amide bonds. The zero-order chi connectivity index (χ0) is 11.5. The monoisotopic (exact) mass is 237 g/mol. The van der Waals surface area contributed by atoms with Crippen LogP contribution < -0.4 is 16.0 Å². The Labute approximate surface area is 102 Å². The van der Waals surface area contributed by atoms with E-state index in [2.05, 4.69) is 41.9 Å². The van der Waals surface area contributed by atoms with E-state index in [-0.39, 0.29) is 0 Å². The van der Waals surface area contributed by atoms with E-state index in [0.717, 1.165) is 43.2 Å². The average Bonchev–Trinajstić information content (AvgIpc) is 2.33. The van der Waals surface area contributed by atoms with Crippen LogP contribution in [0, 0.1) is 6.92 Å². The Hall–Kier alpha value is -0.870. The van der Waals surface area contributed by atoms with E-state index in [1.807, 2.05) is 0 Å². The Morgan fingerprint density at radius 3 is 2.69 bits per heavy atom. The molecule has 1 saturated heterocycles. The molecule has 1 aliphatic rings. The van der Waals surface area contributed by atoms with Crippen molar-refractivity contribution in [3.05, 3.63) is 23.3 Å². The fraction of sp³-hybridized carbons (Fsp3) is 0.500. The Balaban J connectivity index is 2.29. The van der Waals surface area contributed by atoms with Gasteiger partial charge in [-0.1, -0.05) is 0 Å². The van der Waals surface area contributed by atoms with E-state index in [4.69, 9.17) is 5.73 Å². The number of hydrogen-bond donors (Lipinski definition) is 3. The maximum Gasteiger partial charge on any atom is 0.0391 e. The van der Waals surface area contributed by atoms with Gasteiger partial charge in [0.05, 0.1) is 0 Å². The van der Waals surface area contributed by atoms with Crippen molar-refractivity contribution < 1.29 is 0 Å². The average molecular weight is 237 g/mol. The Morgan fingerprint density at radius 2 is 2.06 bits per heavy atom. The third-order valence-electron chi connectivity index (χ3n) is 3.19. The maximum atomic E-state index is 6.03. The number of thiol groups is 1. The summed E-state index contributed by atoms with van der Waals surface area (Å²) < 4.78 is 0. The fourth-order valence-corrected chi connectivity index (χ4v) is 2.38. The molecule has 0 atom stereocenters. The zero-order valence-electron chi connectivity index (χ0n) is 9.66. The van der Waals surface area contributed by atoms with Crippen LogP contribution in [0.5, 0.6) is 0 Å². The molecule has 0 saturated carbocycles. The van der Waals surface area contributed by atoms with Crippen LogP contribution in [0.4, 0.5) is 11.4 Å². The lowest BCUT2D eigenvalue weighted by molar-refractivity contribution is 0.589. The molecule has 1 aromatic carbocycles. The number of piperazine rings is 1. The predicted molar refractivity (Wildman–Crippen MR) is 73.4 cm³/mol. The van der Waals surface area contributed by atoms with E-state index in [1.165, 1.54) is 11.3 Å². The molecule has 1 aromatic rings. The van der Waals surface area contributed by atoms with E-state index >= 15 is 0 Å². The summed E-state index contributed by atoms with van der Waals surface area (Å²) in [6.45, 7) is 6.25. The molecule has 88 valence electrons. The Morgan fingerprint density at radius 1 is 1.38 bits per heavy atom. The first kappa shape index (κ1) is 11.6. The molecular weight excluding hydrogens is 218 g/mol.